The van der Waals surface area contributed by atoms with Crippen molar-refractivity contribution in [2.45, 2.75) is 19.3 Å². The molecule has 0 amide bonds. The highest BCUT2D eigenvalue weighted by atomic mass is 19.1. The topological polar surface area (TPSA) is 91.5 Å². The first-order valence-electron chi connectivity index (χ1n) is 7.33. The van der Waals surface area contributed by atoms with Crippen LogP contribution in [0.1, 0.15) is 23.6 Å². The molecule has 0 spiro atoms. The van der Waals surface area contributed by atoms with Crippen LogP contribution in [0.2, 0.25) is 0 Å². The summed E-state index contributed by atoms with van der Waals surface area (Å²) in [7, 11) is 0. The van der Waals surface area contributed by atoms with Gasteiger partial charge in [0.1, 0.15) is 5.69 Å². The second-order valence-electron chi connectivity index (χ2n) is 5.83. The molecular weight excluding hydrogens is 306 g/mol. The third-order valence-corrected chi connectivity index (χ3v) is 4.35. The van der Waals surface area contributed by atoms with Gasteiger partial charge in [0, 0.05) is 12.1 Å². The van der Waals surface area contributed by atoms with E-state index in [1.807, 2.05) is 0 Å². The number of rotatable bonds is 5. The molecule has 3 rings (SSSR count). The zero-order valence-electron chi connectivity index (χ0n) is 12.5. The van der Waals surface area contributed by atoms with E-state index in [-0.39, 0.29) is 17.4 Å². The molecule has 2 heterocycles. The first-order chi connectivity index (χ1) is 11.0. The van der Waals surface area contributed by atoms with E-state index < -0.39 is 30.5 Å². The molecule has 0 bridgehead atoms. The number of nitrogens with one attached hydrogen (secondary N) is 2. The largest absolute Gasteiger partial charge is 0.325 e. The maximum Gasteiger partial charge on any atom is 0.325 e. The Morgan fingerprint density at radius 1 is 1.30 bits per heavy atom. The molecule has 2 aromatic heterocycles. The summed E-state index contributed by atoms with van der Waals surface area (Å²) in [5, 5.41) is 8.02. The van der Waals surface area contributed by atoms with Crippen molar-refractivity contribution in [3.05, 3.63) is 44.4 Å². The zero-order chi connectivity index (χ0) is 16.6. The molecule has 122 valence electrons. The molecule has 0 aliphatic heterocycles. The van der Waals surface area contributed by atoms with E-state index in [4.69, 9.17) is 0 Å². The van der Waals surface area contributed by atoms with Gasteiger partial charge in [-0.2, -0.15) is 5.10 Å². The van der Waals surface area contributed by atoms with Crippen LogP contribution in [0.3, 0.4) is 0 Å². The minimum Gasteiger partial charge on any atom is -0.313 e. The normalized spacial score (nSPS) is 20.0. The minimum atomic E-state index is -0.679. The number of halogens is 2. The first kappa shape index (κ1) is 15.5. The van der Waals surface area contributed by atoms with Gasteiger partial charge in [-0.05, 0) is 36.8 Å². The van der Waals surface area contributed by atoms with Crippen molar-refractivity contribution in [3.8, 4) is 11.3 Å². The van der Waals surface area contributed by atoms with Gasteiger partial charge in [0.2, 0.25) is 0 Å². The number of H-pyrrole nitrogens is 2. The molecule has 0 aromatic carbocycles. The lowest BCUT2D eigenvalue weighted by atomic mass is 10.00. The molecule has 2 aromatic rings. The molecule has 1 fully saturated rings. The Hall–Kier alpha value is -2.38. The second-order valence-corrected chi connectivity index (χ2v) is 5.83. The van der Waals surface area contributed by atoms with Crippen LogP contribution < -0.4 is 11.2 Å². The number of aromatic amines is 2. The van der Waals surface area contributed by atoms with E-state index in [0.29, 0.717) is 17.8 Å². The van der Waals surface area contributed by atoms with Gasteiger partial charge < -0.3 is 4.98 Å². The molecule has 2 atom stereocenters. The lowest BCUT2D eigenvalue weighted by molar-refractivity contribution is 0.260. The number of hydrogen-bond acceptors (Lipinski definition) is 4. The maximum absolute atomic E-state index is 12.8. The van der Waals surface area contributed by atoms with E-state index in [2.05, 4.69) is 20.2 Å². The van der Waals surface area contributed by atoms with Gasteiger partial charge in [0.25, 0.3) is 5.56 Å². The van der Waals surface area contributed by atoms with Crippen LogP contribution in [0, 0.1) is 18.8 Å². The monoisotopic (exact) mass is 322 g/mol. The number of alkyl halides is 2. The quantitative estimate of drug-likeness (QED) is 0.872. The smallest absolute Gasteiger partial charge is 0.313 e. The second kappa shape index (κ2) is 6.02. The summed E-state index contributed by atoms with van der Waals surface area (Å²) in [5.41, 5.74) is 0.885. The predicted octanol–water partition coefficient (Wildman–Crippen LogP) is 1.49. The first-order valence-corrected chi connectivity index (χ1v) is 7.33. The number of hydrogen-bond donors (Lipinski definition) is 2. The van der Waals surface area contributed by atoms with Crippen LogP contribution in [0.4, 0.5) is 8.78 Å². The summed E-state index contributed by atoms with van der Waals surface area (Å²) in [6.45, 7) is 0.418. The van der Waals surface area contributed by atoms with E-state index in [0.717, 1.165) is 5.56 Å². The van der Waals surface area contributed by atoms with Gasteiger partial charge in [0.05, 0.1) is 24.6 Å². The fraction of sp³-hybridized carbons (Fsp3) is 0.467. The molecule has 0 radical (unpaired) electrons. The molecule has 1 aliphatic rings. The van der Waals surface area contributed by atoms with Crippen molar-refractivity contribution in [1.82, 2.24) is 20.2 Å². The third kappa shape index (κ3) is 2.93. The molecule has 23 heavy (non-hydrogen) atoms. The van der Waals surface area contributed by atoms with Crippen LogP contribution in [0.15, 0.2) is 21.9 Å². The SMILES string of the molecule is Cc1nnc(-c2c[nH]c(=O)[nH]c2=O)cc1C1CC1C(CF)CF. The van der Waals surface area contributed by atoms with Crippen molar-refractivity contribution in [2.24, 2.45) is 11.8 Å². The third-order valence-electron chi connectivity index (χ3n) is 4.35. The zero-order valence-corrected chi connectivity index (χ0v) is 12.5. The predicted molar refractivity (Wildman–Crippen MR) is 79.7 cm³/mol. The fourth-order valence-electron chi connectivity index (χ4n) is 2.94. The van der Waals surface area contributed by atoms with Crippen LogP contribution in [-0.2, 0) is 0 Å². The standard InChI is InChI=1S/C15H16F2N4O2/c1-7-9(11-2-10(11)8(4-16)5-17)3-13(21-20-7)12-6-18-15(23)19-14(12)22/h3,6,8,10-11H,2,4-5H2,1H3,(H2,18,19,22,23). The van der Waals surface area contributed by atoms with Crippen molar-refractivity contribution < 1.29 is 8.78 Å². The molecule has 0 saturated heterocycles. The molecule has 8 heteroatoms. The van der Waals surface area contributed by atoms with Crippen molar-refractivity contribution in [1.29, 1.82) is 0 Å². The average molecular weight is 322 g/mol. The van der Waals surface area contributed by atoms with Gasteiger partial charge in [0.15, 0.2) is 0 Å². The average Bonchev–Trinajstić information content (AvgIpc) is 3.30. The summed E-state index contributed by atoms with van der Waals surface area (Å²) in [6, 6.07) is 1.71. The Labute approximate surface area is 130 Å². The van der Waals surface area contributed by atoms with Crippen LogP contribution >= 0.6 is 0 Å². The highest BCUT2D eigenvalue weighted by Gasteiger charge is 2.44. The van der Waals surface area contributed by atoms with Gasteiger partial charge in [-0.1, -0.05) is 0 Å². The summed E-state index contributed by atoms with van der Waals surface area (Å²) < 4.78 is 25.7. The van der Waals surface area contributed by atoms with Crippen LogP contribution in [0.5, 0.6) is 0 Å². The van der Waals surface area contributed by atoms with Crippen molar-refractivity contribution >= 4 is 0 Å². The van der Waals surface area contributed by atoms with Crippen LogP contribution in [0.25, 0.3) is 11.3 Å². The molecule has 1 aliphatic carbocycles. The Morgan fingerprint density at radius 2 is 2.04 bits per heavy atom. The lowest BCUT2D eigenvalue weighted by Crippen LogP contribution is -2.23. The van der Waals surface area contributed by atoms with Gasteiger partial charge >= 0.3 is 5.69 Å². The lowest BCUT2D eigenvalue weighted by Gasteiger charge is -2.10. The van der Waals surface area contributed by atoms with Crippen molar-refractivity contribution in [2.75, 3.05) is 13.3 Å². The summed E-state index contributed by atoms with van der Waals surface area (Å²) in [5.74, 6) is -0.607. The van der Waals surface area contributed by atoms with E-state index >= 15 is 0 Å². The van der Waals surface area contributed by atoms with E-state index in [1.165, 1.54) is 6.20 Å². The molecule has 2 N–H and O–H groups in total. The number of nitrogens with zero attached hydrogens (tertiary/aromatic N) is 2. The Balaban J connectivity index is 1.95. The Kier molecular flexibility index (Phi) is 4.06. The number of aryl methyl sites for hydroxylation is 1. The molecule has 2 unspecified atom stereocenters. The molecular formula is C15H16F2N4O2. The Morgan fingerprint density at radius 3 is 2.70 bits per heavy atom. The minimum absolute atomic E-state index is 0.0302. The summed E-state index contributed by atoms with van der Waals surface area (Å²) in [4.78, 5) is 27.4. The highest BCUT2D eigenvalue weighted by Crippen LogP contribution is 2.53. The summed E-state index contributed by atoms with van der Waals surface area (Å²) in [6.07, 6.45) is 1.98. The van der Waals surface area contributed by atoms with Gasteiger partial charge in [-0.3, -0.25) is 18.6 Å². The van der Waals surface area contributed by atoms with Crippen LogP contribution in [-0.4, -0.2) is 33.5 Å². The maximum atomic E-state index is 12.8. The molecule has 1 saturated carbocycles. The van der Waals surface area contributed by atoms with Crippen molar-refractivity contribution in [3.63, 3.8) is 0 Å². The van der Waals surface area contributed by atoms with E-state index in [9.17, 15) is 18.4 Å². The molecule has 6 nitrogen and oxygen atoms in total. The summed E-state index contributed by atoms with van der Waals surface area (Å²) >= 11 is 0. The van der Waals surface area contributed by atoms with Gasteiger partial charge in [-0.25, -0.2) is 4.79 Å². The number of aromatic nitrogens is 4. The Bertz CT molecular complexity index is 829. The van der Waals surface area contributed by atoms with Gasteiger partial charge in [-0.15, -0.1) is 5.10 Å². The fourth-order valence-corrected chi connectivity index (χ4v) is 2.94. The van der Waals surface area contributed by atoms with E-state index in [1.54, 1.807) is 13.0 Å². The highest BCUT2D eigenvalue weighted by molar-refractivity contribution is 5.57.